The average molecular weight is 302 g/mol. The summed E-state index contributed by atoms with van der Waals surface area (Å²) in [6.45, 7) is 3.50. The van der Waals surface area contributed by atoms with E-state index in [2.05, 4.69) is 0 Å². The van der Waals surface area contributed by atoms with Gasteiger partial charge < -0.3 is 14.6 Å². The molecule has 0 bridgehead atoms. The predicted molar refractivity (Wildman–Crippen MR) is 81.6 cm³/mol. The van der Waals surface area contributed by atoms with E-state index < -0.39 is 5.97 Å². The Labute approximate surface area is 130 Å². The fraction of sp³-hybridized carbons (Fsp3) is 0.611. The SMILES string of the molecule is Cc1cc2c(cc1C(CC(=O)O)C1CC1)OCC1(CC1)CO2. The van der Waals surface area contributed by atoms with E-state index in [1.807, 2.05) is 19.1 Å². The normalized spacial score (nSPS) is 23.0. The molecule has 1 aromatic rings. The second kappa shape index (κ2) is 4.90. The fourth-order valence-corrected chi connectivity index (χ4v) is 3.49. The van der Waals surface area contributed by atoms with Gasteiger partial charge in [-0.05, 0) is 67.7 Å². The van der Waals surface area contributed by atoms with E-state index in [0.717, 1.165) is 48.7 Å². The monoisotopic (exact) mass is 302 g/mol. The summed E-state index contributed by atoms with van der Waals surface area (Å²) in [7, 11) is 0. The molecule has 4 nitrogen and oxygen atoms in total. The molecule has 0 radical (unpaired) electrons. The highest BCUT2D eigenvalue weighted by atomic mass is 16.5. The van der Waals surface area contributed by atoms with Crippen molar-refractivity contribution in [2.24, 2.45) is 11.3 Å². The number of hydrogen-bond donors (Lipinski definition) is 1. The maximum absolute atomic E-state index is 11.2. The van der Waals surface area contributed by atoms with Gasteiger partial charge in [0, 0.05) is 5.41 Å². The van der Waals surface area contributed by atoms with Gasteiger partial charge in [0.2, 0.25) is 0 Å². The molecule has 1 aromatic carbocycles. The van der Waals surface area contributed by atoms with E-state index in [1.165, 1.54) is 12.8 Å². The first-order valence-corrected chi connectivity index (χ1v) is 8.18. The third kappa shape index (κ3) is 2.55. The molecular weight excluding hydrogens is 280 g/mol. The van der Waals surface area contributed by atoms with Crippen molar-refractivity contribution >= 4 is 5.97 Å². The van der Waals surface area contributed by atoms with Gasteiger partial charge >= 0.3 is 5.97 Å². The Morgan fingerprint density at radius 2 is 1.91 bits per heavy atom. The minimum Gasteiger partial charge on any atom is -0.489 e. The Hall–Kier alpha value is -1.71. The van der Waals surface area contributed by atoms with Crippen molar-refractivity contribution in [3.05, 3.63) is 23.3 Å². The molecule has 3 aliphatic rings. The van der Waals surface area contributed by atoms with Crippen LogP contribution in [0.4, 0.5) is 0 Å². The highest BCUT2D eigenvalue weighted by molar-refractivity contribution is 5.68. The second-order valence-electron chi connectivity index (χ2n) is 7.27. The number of aliphatic carboxylic acids is 1. The summed E-state index contributed by atoms with van der Waals surface area (Å²) in [5, 5.41) is 9.22. The maximum atomic E-state index is 11.2. The number of carboxylic acid groups (broad SMARTS) is 1. The standard InChI is InChI=1S/C18H22O4/c1-11-6-15-16(22-10-18(4-5-18)9-21-15)7-13(11)14(8-17(19)20)12-2-3-12/h6-7,12,14H,2-5,8-10H2,1H3,(H,19,20). The summed E-state index contributed by atoms with van der Waals surface area (Å²) >= 11 is 0. The van der Waals surface area contributed by atoms with E-state index >= 15 is 0 Å². The van der Waals surface area contributed by atoms with Crippen LogP contribution in [-0.4, -0.2) is 24.3 Å². The highest BCUT2D eigenvalue weighted by Crippen LogP contribution is 2.51. The zero-order valence-electron chi connectivity index (χ0n) is 12.9. The highest BCUT2D eigenvalue weighted by Gasteiger charge is 2.46. The van der Waals surface area contributed by atoms with Crippen LogP contribution in [0, 0.1) is 18.3 Å². The van der Waals surface area contributed by atoms with Gasteiger partial charge in [0.25, 0.3) is 0 Å². The molecule has 2 fully saturated rings. The van der Waals surface area contributed by atoms with Gasteiger partial charge in [-0.15, -0.1) is 0 Å². The molecule has 1 heterocycles. The number of benzene rings is 1. The van der Waals surface area contributed by atoms with Crippen LogP contribution in [-0.2, 0) is 4.79 Å². The Kier molecular flexibility index (Phi) is 3.10. The molecule has 1 N–H and O–H groups in total. The molecule has 118 valence electrons. The Bertz CT molecular complexity index is 614. The first kappa shape index (κ1) is 13.9. The number of carboxylic acids is 1. The molecule has 4 heteroatoms. The molecule has 1 atom stereocenters. The summed E-state index contributed by atoms with van der Waals surface area (Å²) in [5.41, 5.74) is 2.47. The van der Waals surface area contributed by atoms with Crippen molar-refractivity contribution in [1.29, 1.82) is 0 Å². The zero-order chi connectivity index (χ0) is 15.3. The van der Waals surface area contributed by atoms with Gasteiger partial charge in [-0.3, -0.25) is 4.79 Å². The van der Waals surface area contributed by atoms with Gasteiger partial charge in [0.05, 0.1) is 19.6 Å². The van der Waals surface area contributed by atoms with Gasteiger partial charge in [-0.2, -0.15) is 0 Å². The van der Waals surface area contributed by atoms with Crippen molar-refractivity contribution in [3.8, 4) is 11.5 Å². The summed E-state index contributed by atoms with van der Waals surface area (Å²) in [5.74, 6) is 1.49. The summed E-state index contributed by atoms with van der Waals surface area (Å²) in [6.07, 6.45) is 4.83. The summed E-state index contributed by atoms with van der Waals surface area (Å²) in [4.78, 5) is 11.2. The van der Waals surface area contributed by atoms with Crippen LogP contribution in [0.25, 0.3) is 0 Å². The molecule has 0 aromatic heterocycles. The lowest BCUT2D eigenvalue weighted by molar-refractivity contribution is -0.137. The predicted octanol–water partition coefficient (Wildman–Crippen LogP) is 3.51. The molecule has 0 amide bonds. The molecule has 1 unspecified atom stereocenters. The minimum absolute atomic E-state index is 0.101. The third-order valence-electron chi connectivity index (χ3n) is 5.34. The van der Waals surface area contributed by atoms with Crippen LogP contribution in [0.5, 0.6) is 11.5 Å². The van der Waals surface area contributed by atoms with Gasteiger partial charge in [0.1, 0.15) is 0 Å². The Morgan fingerprint density at radius 3 is 2.45 bits per heavy atom. The minimum atomic E-state index is -0.722. The van der Waals surface area contributed by atoms with Crippen LogP contribution in [0.2, 0.25) is 0 Å². The van der Waals surface area contributed by atoms with E-state index in [4.69, 9.17) is 9.47 Å². The molecule has 2 aliphatic carbocycles. The van der Waals surface area contributed by atoms with E-state index in [-0.39, 0.29) is 17.8 Å². The number of rotatable bonds is 4. The van der Waals surface area contributed by atoms with Crippen molar-refractivity contribution in [2.45, 2.75) is 44.9 Å². The molecule has 1 spiro atoms. The molecule has 2 saturated carbocycles. The lowest BCUT2D eigenvalue weighted by atomic mass is 9.87. The van der Waals surface area contributed by atoms with Crippen LogP contribution < -0.4 is 9.47 Å². The number of ether oxygens (including phenoxy) is 2. The first-order chi connectivity index (χ1) is 10.6. The van der Waals surface area contributed by atoms with E-state index in [0.29, 0.717) is 5.92 Å². The smallest absolute Gasteiger partial charge is 0.303 e. The topological polar surface area (TPSA) is 55.8 Å². The molecule has 4 rings (SSSR count). The number of carbonyl (C=O) groups is 1. The van der Waals surface area contributed by atoms with Crippen LogP contribution in [0.1, 0.15) is 49.1 Å². The Balaban J connectivity index is 1.65. The first-order valence-electron chi connectivity index (χ1n) is 8.18. The number of hydrogen-bond acceptors (Lipinski definition) is 3. The van der Waals surface area contributed by atoms with Gasteiger partial charge in [0.15, 0.2) is 11.5 Å². The number of aryl methyl sites for hydroxylation is 1. The van der Waals surface area contributed by atoms with Crippen molar-refractivity contribution in [3.63, 3.8) is 0 Å². The van der Waals surface area contributed by atoms with Crippen LogP contribution >= 0.6 is 0 Å². The molecule has 22 heavy (non-hydrogen) atoms. The van der Waals surface area contributed by atoms with E-state index in [9.17, 15) is 9.90 Å². The van der Waals surface area contributed by atoms with Gasteiger partial charge in [-0.25, -0.2) is 0 Å². The lowest BCUT2D eigenvalue weighted by Crippen LogP contribution is -2.17. The number of fused-ring (bicyclic) bond motifs is 1. The van der Waals surface area contributed by atoms with Crippen LogP contribution in [0.3, 0.4) is 0 Å². The van der Waals surface area contributed by atoms with Crippen LogP contribution in [0.15, 0.2) is 12.1 Å². The Morgan fingerprint density at radius 1 is 1.27 bits per heavy atom. The van der Waals surface area contributed by atoms with Crippen molar-refractivity contribution in [1.82, 2.24) is 0 Å². The van der Waals surface area contributed by atoms with Gasteiger partial charge in [-0.1, -0.05) is 0 Å². The second-order valence-corrected chi connectivity index (χ2v) is 7.27. The van der Waals surface area contributed by atoms with Crippen molar-refractivity contribution < 1.29 is 19.4 Å². The molecule has 0 saturated heterocycles. The zero-order valence-corrected chi connectivity index (χ0v) is 12.9. The summed E-state index contributed by atoms with van der Waals surface area (Å²) in [6, 6.07) is 4.07. The summed E-state index contributed by atoms with van der Waals surface area (Å²) < 4.78 is 12.0. The molecule has 1 aliphatic heterocycles. The largest absolute Gasteiger partial charge is 0.489 e. The van der Waals surface area contributed by atoms with E-state index in [1.54, 1.807) is 0 Å². The lowest BCUT2D eigenvalue weighted by Gasteiger charge is -2.19. The average Bonchev–Trinajstić information content (AvgIpc) is 3.36. The maximum Gasteiger partial charge on any atom is 0.303 e. The fourth-order valence-electron chi connectivity index (χ4n) is 3.49. The molecular formula is C18H22O4. The third-order valence-corrected chi connectivity index (χ3v) is 5.34. The quantitative estimate of drug-likeness (QED) is 0.924. The van der Waals surface area contributed by atoms with Crippen molar-refractivity contribution in [2.75, 3.05) is 13.2 Å².